The van der Waals surface area contributed by atoms with Gasteiger partial charge in [-0.1, -0.05) is 41.6 Å². The third-order valence-corrected chi connectivity index (χ3v) is 2.95. The number of hydrogen-bond acceptors (Lipinski definition) is 5. The lowest BCUT2D eigenvalue weighted by molar-refractivity contribution is 0.0954. The van der Waals surface area contributed by atoms with Crippen molar-refractivity contribution in [3.63, 3.8) is 0 Å². The number of methoxy groups -OCH3 is 1. The summed E-state index contributed by atoms with van der Waals surface area (Å²) in [7, 11) is 1.53. The molecule has 0 fully saturated rings. The van der Waals surface area contributed by atoms with Gasteiger partial charge in [0, 0.05) is 5.56 Å². The molecule has 0 atom stereocenters. The summed E-state index contributed by atoms with van der Waals surface area (Å²) in [5.74, 6) is 0.188. The van der Waals surface area contributed by atoms with Gasteiger partial charge in [0.1, 0.15) is 12.3 Å². The summed E-state index contributed by atoms with van der Waals surface area (Å²) in [6, 6.07) is 15.8. The Hall–Kier alpha value is -3.02. The van der Waals surface area contributed by atoms with Gasteiger partial charge in [-0.05, 0) is 23.8 Å². The minimum absolute atomic E-state index is 0.123. The molecule has 0 bridgehead atoms. The second-order valence-corrected chi connectivity index (χ2v) is 4.38. The molecule has 6 nitrogen and oxygen atoms in total. The fraction of sp³-hybridized carbons (Fsp3) is 0.125. The number of hydrogen-bond donors (Lipinski definition) is 1. The van der Waals surface area contributed by atoms with Gasteiger partial charge in [-0.25, -0.2) is 5.43 Å². The molecule has 0 spiro atoms. The van der Waals surface area contributed by atoms with Crippen molar-refractivity contribution in [2.24, 2.45) is 10.3 Å². The van der Waals surface area contributed by atoms with Crippen molar-refractivity contribution in [3.8, 4) is 5.75 Å². The van der Waals surface area contributed by atoms with E-state index in [9.17, 15) is 9.70 Å². The molecule has 0 aliphatic carbocycles. The molecule has 0 saturated heterocycles. The largest absolute Gasteiger partial charge is 0.497 e. The van der Waals surface area contributed by atoms with Gasteiger partial charge >= 0.3 is 0 Å². The summed E-state index contributed by atoms with van der Waals surface area (Å²) in [6.07, 6.45) is 0. The van der Waals surface area contributed by atoms with Gasteiger partial charge in [0.05, 0.1) is 12.8 Å². The third-order valence-electron chi connectivity index (χ3n) is 2.95. The summed E-state index contributed by atoms with van der Waals surface area (Å²) >= 11 is 0. The van der Waals surface area contributed by atoms with Crippen LogP contribution in [-0.4, -0.2) is 25.3 Å². The highest BCUT2D eigenvalue weighted by atomic mass is 16.5. The molecule has 2 aromatic carbocycles. The number of nitrogens with zero attached hydrogens (tertiary/aromatic N) is 2. The first-order chi connectivity index (χ1) is 10.7. The Morgan fingerprint density at radius 2 is 1.82 bits per heavy atom. The first-order valence-corrected chi connectivity index (χ1v) is 6.60. The van der Waals surface area contributed by atoms with Crippen LogP contribution < -0.4 is 10.2 Å². The molecule has 0 radical (unpaired) electrons. The van der Waals surface area contributed by atoms with E-state index >= 15 is 0 Å². The average Bonchev–Trinajstić information content (AvgIpc) is 2.59. The first-order valence-electron chi connectivity index (χ1n) is 6.60. The number of hydrazone groups is 1. The van der Waals surface area contributed by atoms with E-state index in [1.165, 1.54) is 7.11 Å². The maximum absolute atomic E-state index is 12.1. The van der Waals surface area contributed by atoms with Crippen LogP contribution in [0.5, 0.6) is 5.75 Å². The van der Waals surface area contributed by atoms with Gasteiger partial charge in [-0.15, -0.1) is 0 Å². The molecule has 2 aromatic rings. The van der Waals surface area contributed by atoms with Crippen molar-refractivity contribution in [1.82, 2.24) is 5.43 Å². The molecule has 0 saturated carbocycles. The van der Waals surface area contributed by atoms with E-state index in [1.54, 1.807) is 36.4 Å². The van der Waals surface area contributed by atoms with Crippen LogP contribution in [0.2, 0.25) is 0 Å². The number of benzene rings is 2. The van der Waals surface area contributed by atoms with E-state index in [4.69, 9.17) is 4.74 Å². The highest BCUT2D eigenvalue weighted by Crippen LogP contribution is 2.12. The van der Waals surface area contributed by atoms with E-state index in [0.29, 0.717) is 17.0 Å². The standard InChI is InChI=1S/C16H15N3O3/c1-22-14-9-5-8-13(10-14)16(20)19-18-15(11-17-21)12-6-3-2-4-7-12/h2-10H,11H2,1H3,(H,19,20). The van der Waals surface area contributed by atoms with E-state index in [1.807, 2.05) is 18.2 Å². The van der Waals surface area contributed by atoms with Gasteiger partial charge in [0.25, 0.3) is 5.91 Å². The van der Waals surface area contributed by atoms with E-state index < -0.39 is 5.91 Å². The number of amides is 1. The van der Waals surface area contributed by atoms with Gasteiger partial charge in [0.2, 0.25) is 0 Å². The summed E-state index contributed by atoms with van der Waals surface area (Å²) < 4.78 is 5.07. The molecule has 2 rings (SSSR count). The SMILES string of the molecule is COc1cccc(C(=O)NN=C(CN=O)c2ccccc2)c1. The monoisotopic (exact) mass is 297 g/mol. The molecule has 22 heavy (non-hydrogen) atoms. The van der Waals surface area contributed by atoms with Crippen LogP contribution >= 0.6 is 0 Å². The highest BCUT2D eigenvalue weighted by molar-refractivity contribution is 6.03. The molecular formula is C16H15N3O3. The number of nitroso groups, excluding NO2 is 1. The van der Waals surface area contributed by atoms with Crippen molar-refractivity contribution >= 4 is 11.6 Å². The Morgan fingerprint density at radius 3 is 2.50 bits per heavy atom. The Bertz CT molecular complexity index is 684. The molecular weight excluding hydrogens is 282 g/mol. The number of nitrogens with one attached hydrogen (secondary N) is 1. The predicted octanol–water partition coefficient (Wildman–Crippen LogP) is 2.60. The van der Waals surface area contributed by atoms with Crippen molar-refractivity contribution in [1.29, 1.82) is 0 Å². The normalized spacial score (nSPS) is 10.9. The smallest absolute Gasteiger partial charge is 0.271 e. The Morgan fingerprint density at radius 1 is 1.09 bits per heavy atom. The molecule has 6 heteroatoms. The van der Waals surface area contributed by atoms with E-state index in [0.717, 1.165) is 5.56 Å². The van der Waals surface area contributed by atoms with Crippen LogP contribution in [0.1, 0.15) is 15.9 Å². The minimum Gasteiger partial charge on any atom is -0.497 e. The predicted molar refractivity (Wildman–Crippen MR) is 84.1 cm³/mol. The Balaban J connectivity index is 2.16. The zero-order valence-electron chi connectivity index (χ0n) is 12.0. The van der Waals surface area contributed by atoms with E-state index in [-0.39, 0.29) is 6.54 Å². The van der Waals surface area contributed by atoms with Crippen molar-refractivity contribution in [2.75, 3.05) is 13.7 Å². The molecule has 0 heterocycles. The van der Waals surface area contributed by atoms with Crippen LogP contribution in [0.4, 0.5) is 0 Å². The minimum atomic E-state index is -0.391. The molecule has 0 unspecified atom stereocenters. The van der Waals surface area contributed by atoms with Crippen LogP contribution in [0.25, 0.3) is 0 Å². The van der Waals surface area contributed by atoms with Gasteiger partial charge in [0.15, 0.2) is 0 Å². The topological polar surface area (TPSA) is 80.1 Å². The maximum Gasteiger partial charge on any atom is 0.271 e. The summed E-state index contributed by atoms with van der Waals surface area (Å²) in [5, 5.41) is 6.84. The van der Waals surface area contributed by atoms with E-state index in [2.05, 4.69) is 15.7 Å². The second-order valence-electron chi connectivity index (χ2n) is 4.38. The average molecular weight is 297 g/mol. The maximum atomic E-state index is 12.1. The molecule has 0 aliphatic heterocycles. The quantitative estimate of drug-likeness (QED) is 0.505. The fourth-order valence-corrected chi connectivity index (χ4v) is 1.83. The number of carbonyl (C=O) groups is 1. The molecule has 0 aromatic heterocycles. The van der Waals surface area contributed by atoms with Gasteiger partial charge < -0.3 is 4.74 Å². The molecule has 1 N–H and O–H groups in total. The molecule has 0 aliphatic rings. The Kier molecular flexibility index (Phi) is 5.37. The van der Waals surface area contributed by atoms with Crippen LogP contribution in [0.15, 0.2) is 64.9 Å². The first kappa shape index (κ1) is 15.4. The zero-order chi connectivity index (χ0) is 15.8. The lowest BCUT2D eigenvalue weighted by Gasteiger charge is -2.05. The van der Waals surface area contributed by atoms with Crippen molar-refractivity contribution < 1.29 is 9.53 Å². The zero-order valence-corrected chi connectivity index (χ0v) is 12.0. The lowest BCUT2D eigenvalue weighted by atomic mass is 10.1. The number of rotatable bonds is 6. The fourth-order valence-electron chi connectivity index (χ4n) is 1.83. The third kappa shape index (κ3) is 3.99. The summed E-state index contributed by atoms with van der Waals surface area (Å²) in [6.45, 7) is -0.123. The number of carbonyl (C=O) groups excluding carboxylic acids is 1. The Labute approximate surface area is 127 Å². The molecule has 112 valence electrons. The summed E-state index contributed by atoms with van der Waals surface area (Å²) in [5.41, 5.74) is 3.96. The number of ether oxygens (including phenoxy) is 1. The second kappa shape index (κ2) is 7.68. The van der Waals surface area contributed by atoms with Crippen molar-refractivity contribution in [3.05, 3.63) is 70.6 Å². The van der Waals surface area contributed by atoms with Crippen LogP contribution in [0, 0.1) is 4.91 Å². The van der Waals surface area contributed by atoms with Crippen LogP contribution in [0.3, 0.4) is 0 Å². The van der Waals surface area contributed by atoms with Gasteiger partial charge in [-0.2, -0.15) is 10.0 Å². The summed E-state index contributed by atoms with van der Waals surface area (Å²) in [4.78, 5) is 22.6. The van der Waals surface area contributed by atoms with Crippen LogP contribution in [-0.2, 0) is 0 Å². The highest BCUT2D eigenvalue weighted by Gasteiger charge is 2.08. The molecule has 1 amide bonds. The van der Waals surface area contributed by atoms with Crippen molar-refractivity contribution in [2.45, 2.75) is 0 Å². The lowest BCUT2D eigenvalue weighted by Crippen LogP contribution is -2.21. The van der Waals surface area contributed by atoms with Gasteiger partial charge in [-0.3, -0.25) is 4.79 Å².